The van der Waals surface area contributed by atoms with Gasteiger partial charge in [0.1, 0.15) is 17.2 Å². The lowest BCUT2D eigenvalue weighted by atomic mass is 9.77. The van der Waals surface area contributed by atoms with E-state index < -0.39 is 6.10 Å². The van der Waals surface area contributed by atoms with Crippen LogP contribution in [0.4, 0.5) is 0 Å². The maximum atomic E-state index is 11.9. The summed E-state index contributed by atoms with van der Waals surface area (Å²) < 4.78 is 29.7. The smallest absolute Gasteiger partial charge is 0.200 e. The minimum atomic E-state index is -0.815. The Morgan fingerprint density at radius 2 is 1.57 bits per heavy atom. The second kappa shape index (κ2) is 11.6. The molecule has 2 aliphatic carbocycles. The molecular weight excluding hydrogens is 534 g/mol. The van der Waals surface area contributed by atoms with E-state index in [0.29, 0.717) is 23.9 Å². The molecule has 3 aromatic rings. The van der Waals surface area contributed by atoms with Crippen LogP contribution < -0.4 is 29.0 Å². The monoisotopic (exact) mass is 575 g/mol. The lowest BCUT2D eigenvalue weighted by Crippen LogP contribution is -2.51. The number of aromatic hydroxyl groups is 1. The first-order chi connectivity index (χ1) is 20.4. The molecule has 0 radical (unpaired) electrons. The van der Waals surface area contributed by atoms with Crippen molar-refractivity contribution in [1.82, 2.24) is 5.32 Å². The molecule has 8 heteroatoms. The molecule has 3 aromatic carbocycles. The van der Waals surface area contributed by atoms with Gasteiger partial charge in [0.25, 0.3) is 0 Å². The number of aliphatic hydroxyl groups excluding tert-OH is 1. The first-order valence-corrected chi connectivity index (χ1v) is 15.0. The average Bonchev–Trinajstić information content (AvgIpc) is 3.01. The maximum absolute atomic E-state index is 11.9. The predicted molar refractivity (Wildman–Crippen MR) is 160 cm³/mol. The Morgan fingerprint density at radius 3 is 2.24 bits per heavy atom. The van der Waals surface area contributed by atoms with Crippen molar-refractivity contribution in [2.24, 2.45) is 0 Å². The molecule has 0 amide bonds. The summed E-state index contributed by atoms with van der Waals surface area (Å²) in [7, 11) is 4.70. The second-order valence-corrected chi connectivity index (χ2v) is 11.5. The van der Waals surface area contributed by atoms with Crippen molar-refractivity contribution in [3.8, 4) is 45.6 Å². The van der Waals surface area contributed by atoms with Crippen LogP contribution in [0.15, 0.2) is 36.4 Å². The van der Waals surface area contributed by atoms with Crippen molar-refractivity contribution in [3.63, 3.8) is 0 Å². The molecule has 2 atom stereocenters. The zero-order valence-electron chi connectivity index (χ0n) is 24.9. The summed E-state index contributed by atoms with van der Waals surface area (Å²) in [4.78, 5) is 0. The largest absolute Gasteiger partial charge is 0.502 e. The van der Waals surface area contributed by atoms with Gasteiger partial charge in [-0.1, -0.05) is 19.4 Å². The second-order valence-electron chi connectivity index (χ2n) is 11.5. The molecule has 3 N–H and O–H groups in total. The van der Waals surface area contributed by atoms with Gasteiger partial charge in [0.05, 0.1) is 34.0 Å². The van der Waals surface area contributed by atoms with Gasteiger partial charge in [0.2, 0.25) is 5.75 Å². The normalized spacial score (nSPS) is 20.4. The van der Waals surface area contributed by atoms with Crippen molar-refractivity contribution >= 4 is 0 Å². The number of hydrogen-bond donors (Lipinski definition) is 3. The number of methoxy groups -OCH3 is 3. The molecule has 42 heavy (non-hydrogen) atoms. The Morgan fingerprint density at radius 1 is 0.881 bits per heavy atom. The minimum absolute atomic E-state index is 0.0690. The first-order valence-electron chi connectivity index (χ1n) is 15.0. The van der Waals surface area contributed by atoms with Crippen LogP contribution >= 0.6 is 0 Å². The fourth-order valence-corrected chi connectivity index (χ4v) is 7.09. The third kappa shape index (κ3) is 4.90. The minimum Gasteiger partial charge on any atom is -0.502 e. The summed E-state index contributed by atoms with van der Waals surface area (Å²) in [6, 6.07) is 11.7. The van der Waals surface area contributed by atoms with Crippen LogP contribution in [0, 0.1) is 0 Å². The fourth-order valence-electron chi connectivity index (χ4n) is 7.09. The van der Waals surface area contributed by atoms with E-state index in [1.807, 2.05) is 12.1 Å². The molecule has 1 fully saturated rings. The Kier molecular flexibility index (Phi) is 7.85. The third-order valence-corrected chi connectivity index (χ3v) is 9.13. The molecule has 224 valence electrons. The first kappa shape index (κ1) is 28.5. The summed E-state index contributed by atoms with van der Waals surface area (Å²) in [5.74, 6) is 2.46. The van der Waals surface area contributed by atoms with E-state index in [4.69, 9.17) is 23.7 Å². The molecule has 0 spiro atoms. The van der Waals surface area contributed by atoms with Gasteiger partial charge in [-0.15, -0.1) is 0 Å². The van der Waals surface area contributed by atoms with Crippen LogP contribution in [0.2, 0.25) is 0 Å². The van der Waals surface area contributed by atoms with Crippen LogP contribution in [-0.2, 0) is 12.8 Å². The molecule has 0 aromatic heterocycles. The molecule has 8 nitrogen and oxygen atoms in total. The van der Waals surface area contributed by atoms with Gasteiger partial charge in [-0.3, -0.25) is 5.32 Å². The Hall–Kier alpha value is -3.62. The zero-order chi connectivity index (χ0) is 29.4. The highest BCUT2D eigenvalue weighted by atomic mass is 16.5. The number of hydrogen-bond acceptors (Lipinski definition) is 8. The maximum Gasteiger partial charge on any atom is 0.200 e. The van der Waals surface area contributed by atoms with Gasteiger partial charge in [-0.2, -0.15) is 0 Å². The molecule has 6 rings (SSSR count). The Bertz CT molecular complexity index is 1430. The summed E-state index contributed by atoms with van der Waals surface area (Å²) in [6.07, 6.45) is 6.17. The van der Waals surface area contributed by atoms with E-state index in [2.05, 4.69) is 24.4 Å². The van der Waals surface area contributed by atoms with Crippen LogP contribution in [0.1, 0.15) is 73.3 Å². The summed E-state index contributed by atoms with van der Waals surface area (Å²) >= 11 is 0. The number of benzene rings is 3. The lowest BCUT2D eigenvalue weighted by Gasteiger charge is -2.39. The van der Waals surface area contributed by atoms with Crippen molar-refractivity contribution in [2.75, 3.05) is 34.5 Å². The highest BCUT2D eigenvalue weighted by Crippen LogP contribution is 2.51. The van der Waals surface area contributed by atoms with E-state index >= 15 is 0 Å². The molecule has 3 aliphatic rings. The van der Waals surface area contributed by atoms with Crippen LogP contribution in [0.25, 0.3) is 11.1 Å². The van der Waals surface area contributed by atoms with Crippen molar-refractivity contribution in [1.29, 1.82) is 0 Å². The number of phenols is 1. The van der Waals surface area contributed by atoms with Crippen LogP contribution in [-0.4, -0.2) is 50.4 Å². The van der Waals surface area contributed by atoms with Crippen LogP contribution in [0.3, 0.4) is 0 Å². The summed E-state index contributed by atoms with van der Waals surface area (Å²) in [6.45, 7) is 3.26. The molecule has 1 aliphatic heterocycles. The van der Waals surface area contributed by atoms with Gasteiger partial charge in [0, 0.05) is 36.0 Å². The lowest BCUT2D eigenvalue weighted by molar-refractivity contribution is -0.00101. The number of rotatable bonds is 8. The van der Waals surface area contributed by atoms with Gasteiger partial charge in [-0.25, -0.2) is 0 Å². The molecule has 1 heterocycles. The Labute approximate surface area is 247 Å². The standard InChI is InChI=1S/C34H41NO7/c1-5-35-34(13-7-6-8-14-34)42-21-17-25-22-11-12-27-31(24(22)10-9-23(25)28(18-21)38-2)32(36)26(19-41-27)20-15-29(39-3)33(37)30(16-20)40-4/h11-12,15-18,26,32,35-37H,5-10,13-14,19H2,1-4H3. The summed E-state index contributed by atoms with van der Waals surface area (Å²) in [5, 5.41) is 25.9. The Balaban J connectivity index is 1.40. The van der Waals surface area contributed by atoms with Crippen molar-refractivity contribution in [2.45, 2.75) is 69.6 Å². The predicted octanol–water partition coefficient (Wildman–Crippen LogP) is 6.04. The van der Waals surface area contributed by atoms with Crippen molar-refractivity contribution in [3.05, 3.63) is 58.7 Å². The number of aliphatic hydroxyl groups is 1. The number of ether oxygens (including phenoxy) is 5. The SMILES string of the molecule is CCNC1(Oc2cc(OC)c3c(c2)-c2ccc4c(c2CC3)C(O)C(c2cc(OC)c(O)c(OC)c2)CO4)CCCCC1. The molecule has 1 saturated carbocycles. The topological polar surface area (TPSA) is 98.6 Å². The van der Waals surface area contributed by atoms with E-state index in [0.717, 1.165) is 89.9 Å². The van der Waals surface area contributed by atoms with E-state index in [-0.39, 0.29) is 17.4 Å². The number of fused-ring (bicyclic) bond motifs is 5. The number of phenolic OH excluding ortho intramolecular Hbond substituents is 1. The van der Waals surface area contributed by atoms with Crippen molar-refractivity contribution < 1.29 is 33.9 Å². The van der Waals surface area contributed by atoms with Gasteiger partial charge in [-0.05, 0) is 78.7 Å². The molecule has 0 saturated heterocycles. The van der Waals surface area contributed by atoms with Gasteiger partial charge < -0.3 is 33.9 Å². The number of nitrogens with one attached hydrogen (secondary N) is 1. The quantitative estimate of drug-likeness (QED) is 0.280. The summed E-state index contributed by atoms with van der Waals surface area (Å²) in [5.41, 5.74) is 5.56. The molecule has 2 unspecified atom stereocenters. The van der Waals surface area contributed by atoms with E-state index in [1.54, 1.807) is 19.2 Å². The van der Waals surface area contributed by atoms with Gasteiger partial charge in [0.15, 0.2) is 17.2 Å². The van der Waals surface area contributed by atoms with Crippen LogP contribution in [0.5, 0.6) is 34.5 Å². The molecule has 0 bridgehead atoms. The van der Waals surface area contributed by atoms with E-state index in [9.17, 15) is 10.2 Å². The highest BCUT2D eigenvalue weighted by Gasteiger charge is 2.37. The average molecular weight is 576 g/mol. The highest BCUT2D eigenvalue weighted by molar-refractivity contribution is 5.79. The third-order valence-electron chi connectivity index (χ3n) is 9.13. The van der Waals surface area contributed by atoms with Gasteiger partial charge >= 0.3 is 0 Å². The fraction of sp³-hybridized carbons (Fsp3) is 0.471. The van der Waals surface area contributed by atoms with E-state index in [1.165, 1.54) is 20.6 Å². The zero-order valence-corrected chi connectivity index (χ0v) is 24.9. The molecular formula is C34H41NO7.